The first-order valence-electron chi connectivity index (χ1n) is 6.18. The number of likely N-dealkylation sites (N-methyl/N-ethyl adjacent to an activating group) is 1. The van der Waals surface area contributed by atoms with Crippen LogP contribution in [0.2, 0.25) is 0 Å². The number of nitrogen functional groups attached to an aromatic ring is 1. The number of ether oxygens (including phenoxy) is 1. The number of carbonyl (C=O) groups excluding carboxylic acids is 1. The van der Waals surface area contributed by atoms with Crippen molar-refractivity contribution in [3.63, 3.8) is 0 Å². The molecular formula is C12H21N5O2. The Labute approximate surface area is 113 Å². The molecule has 0 fully saturated rings. The molecule has 1 aromatic heterocycles. The minimum Gasteiger partial charge on any atom is -0.476 e. The molecule has 0 radical (unpaired) electrons. The SMILES string of the molecule is CCCOc1ncnc(NC(C)C(=O)N(C)C)c1N. The van der Waals surface area contributed by atoms with Gasteiger partial charge in [-0.25, -0.2) is 4.98 Å². The first-order valence-corrected chi connectivity index (χ1v) is 6.18. The predicted molar refractivity (Wildman–Crippen MR) is 74.0 cm³/mol. The highest BCUT2D eigenvalue weighted by Crippen LogP contribution is 2.25. The Balaban J connectivity index is 2.81. The minimum absolute atomic E-state index is 0.0611. The third-order valence-corrected chi connectivity index (χ3v) is 2.45. The van der Waals surface area contributed by atoms with Gasteiger partial charge < -0.3 is 20.7 Å². The second kappa shape index (κ2) is 6.77. The summed E-state index contributed by atoms with van der Waals surface area (Å²) in [5, 5.41) is 2.96. The smallest absolute Gasteiger partial charge is 0.244 e. The molecule has 106 valence electrons. The second-order valence-electron chi connectivity index (χ2n) is 4.39. The Bertz CT molecular complexity index is 436. The number of anilines is 2. The number of nitrogens with one attached hydrogen (secondary N) is 1. The summed E-state index contributed by atoms with van der Waals surface area (Å²) in [4.78, 5) is 21.3. The summed E-state index contributed by atoms with van der Waals surface area (Å²) in [6, 6.07) is -0.425. The Kier molecular flexibility index (Phi) is 5.35. The van der Waals surface area contributed by atoms with Gasteiger partial charge in [-0.15, -0.1) is 0 Å². The zero-order chi connectivity index (χ0) is 14.4. The van der Waals surface area contributed by atoms with Gasteiger partial charge in [0.2, 0.25) is 11.8 Å². The van der Waals surface area contributed by atoms with Crippen LogP contribution in [0.3, 0.4) is 0 Å². The lowest BCUT2D eigenvalue weighted by molar-refractivity contribution is -0.129. The maximum absolute atomic E-state index is 11.8. The standard InChI is InChI=1S/C12H21N5O2/c1-5-6-19-11-9(13)10(14-7-15-11)16-8(2)12(18)17(3)4/h7-8H,5-6,13H2,1-4H3,(H,14,15,16). The Hall–Kier alpha value is -2.05. The van der Waals surface area contributed by atoms with Crippen LogP contribution in [0.4, 0.5) is 11.5 Å². The fourth-order valence-electron chi connectivity index (χ4n) is 1.46. The van der Waals surface area contributed by atoms with Gasteiger partial charge in [0.1, 0.15) is 18.1 Å². The van der Waals surface area contributed by atoms with E-state index in [2.05, 4.69) is 15.3 Å². The third kappa shape index (κ3) is 3.97. The molecule has 0 aliphatic carbocycles. The molecule has 0 spiro atoms. The van der Waals surface area contributed by atoms with Crippen molar-refractivity contribution in [3.8, 4) is 5.88 Å². The summed E-state index contributed by atoms with van der Waals surface area (Å²) >= 11 is 0. The lowest BCUT2D eigenvalue weighted by atomic mass is 10.3. The number of rotatable bonds is 6. The fraction of sp³-hybridized carbons (Fsp3) is 0.583. The molecule has 0 bridgehead atoms. The van der Waals surface area contributed by atoms with E-state index < -0.39 is 6.04 Å². The minimum atomic E-state index is -0.425. The molecular weight excluding hydrogens is 246 g/mol. The second-order valence-corrected chi connectivity index (χ2v) is 4.39. The fourth-order valence-corrected chi connectivity index (χ4v) is 1.46. The van der Waals surface area contributed by atoms with Crippen LogP contribution >= 0.6 is 0 Å². The Morgan fingerprint density at radius 3 is 2.79 bits per heavy atom. The van der Waals surface area contributed by atoms with Crippen molar-refractivity contribution in [1.29, 1.82) is 0 Å². The van der Waals surface area contributed by atoms with Gasteiger partial charge in [0.05, 0.1) is 6.61 Å². The summed E-state index contributed by atoms with van der Waals surface area (Å²) in [7, 11) is 3.39. The predicted octanol–water partition coefficient (Wildman–Crippen LogP) is 0.736. The van der Waals surface area contributed by atoms with Gasteiger partial charge in [-0.3, -0.25) is 4.79 Å². The van der Waals surface area contributed by atoms with Crippen molar-refractivity contribution in [1.82, 2.24) is 14.9 Å². The Morgan fingerprint density at radius 2 is 2.21 bits per heavy atom. The number of hydrogen-bond donors (Lipinski definition) is 2. The average molecular weight is 267 g/mol. The molecule has 0 saturated heterocycles. The summed E-state index contributed by atoms with van der Waals surface area (Å²) in [6.07, 6.45) is 2.22. The monoisotopic (exact) mass is 267 g/mol. The highest BCUT2D eigenvalue weighted by atomic mass is 16.5. The van der Waals surface area contributed by atoms with Gasteiger partial charge in [0, 0.05) is 14.1 Å². The van der Waals surface area contributed by atoms with Crippen LogP contribution < -0.4 is 15.8 Å². The molecule has 0 aromatic carbocycles. The van der Waals surface area contributed by atoms with E-state index in [4.69, 9.17) is 10.5 Å². The van der Waals surface area contributed by atoms with Crippen LogP contribution in [-0.2, 0) is 4.79 Å². The molecule has 0 aliphatic rings. The number of nitrogens with two attached hydrogens (primary N) is 1. The molecule has 7 heteroatoms. The molecule has 1 amide bonds. The molecule has 19 heavy (non-hydrogen) atoms. The van der Waals surface area contributed by atoms with Crippen LogP contribution in [0.5, 0.6) is 5.88 Å². The quantitative estimate of drug-likeness (QED) is 0.789. The van der Waals surface area contributed by atoms with E-state index in [0.717, 1.165) is 6.42 Å². The van der Waals surface area contributed by atoms with Gasteiger partial charge in [0.15, 0.2) is 5.82 Å². The molecule has 7 nitrogen and oxygen atoms in total. The first-order chi connectivity index (χ1) is 8.97. The van der Waals surface area contributed by atoms with Crippen molar-refractivity contribution < 1.29 is 9.53 Å². The Morgan fingerprint density at radius 1 is 1.53 bits per heavy atom. The van der Waals surface area contributed by atoms with Crippen LogP contribution in [0.25, 0.3) is 0 Å². The van der Waals surface area contributed by atoms with Gasteiger partial charge in [-0.2, -0.15) is 4.98 Å². The lowest BCUT2D eigenvalue weighted by Gasteiger charge is -2.19. The molecule has 1 atom stereocenters. The van der Waals surface area contributed by atoms with Gasteiger partial charge in [-0.1, -0.05) is 6.92 Å². The molecule has 1 heterocycles. The highest BCUT2D eigenvalue weighted by molar-refractivity contribution is 5.84. The van der Waals surface area contributed by atoms with Crippen LogP contribution in [0.1, 0.15) is 20.3 Å². The van der Waals surface area contributed by atoms with E-state index in [1.165, 1.54) is 11.2 Å². The number of aromatic nitrogens is 2. The summed E-state index contributed by atoms with van der Waals surface area (Å²) < 4.78 is 5.40. The summed E-state index contributed by atoms with van der Waals surface area (Å²) in [5.74, 6) is 0.682. The first kappa shape index (κ1) is 15.0. The number of carbonyl (C=O) groups is 1. The van der Waals surface area contributed by atoms with Crippen molar-refractivity contribution in [3.05, 3.63) is 6.33 Å². The van der Waals surface area contributed by atoms with E-state index in [1.807, 2.05) is 6.92 Å². The van der Waals surface area contributed by atoms with E-state index in [9.17, 15) is 4.79 Å². The molecule has 0 saturated carbocycles. The zero-order valence-electron chi connectivity index (χ0n) is 11.8. The molecule has 1 rings (SSSR count). The maximum Gasteiger partial charge on any atom is 0.244 e. The van der Waals surface area contributed by atoms with E-state index in [-0.39, 0.29) is 5.91 Å². The molecule has 1 unspecified atom stereocenters. The summed E-state index contributed by atoms with van der Waals surface area (Å²) in [5.41, 5.74) is 6.23. The third-order valence-electron chi connectivity index (χ3n) is 2.45. The molecule has 0 aliphatic heterocycles. The number of nitrogens with zero attached hydrogens (tertiary/aromatic N) is 3. The largest absolute Gasteiger partial charge is 0.476 e. The van der Waals surface area contributed by atoms with E-state index in [0.29, 0.717) is 24.0 Å². The van der Waals surface area contributed by atoms with E-state index >= 15 is 0 Å². The molecule has 1 aromatic rings. The normalized spacial score (nSPS) is 11.8. The van der Waals surface area contributed by atoms with Gasteiger partial charge in [0.25, 0.3) is 0 Å². The van der Waals surface area contributed by atoms with E-state index in [1.54, 1.807) is 21.0 Å². The van der Waals surface area contributed by atoms with Gasteiger partial charge in [-0.05, 0) is 13.3 Å². The highest BCUT2D eigenvalue weighted by Gasteiger charge is 2.17. The van der Waals surface area contributed by atoms with Crippen molar-refractivity contribution in [2.45, 2.75) is 26.3 Å². The van der Waals surface area contributed by atoms with Crippen molar-refractivity contribution in [2.75, 3.05) is 31.8 Å². The molecule has 3 N–H and O–H groups in total. The maximum atomic E-state index is 11.8. The zero-order valence-corrected chi connectivity index (χ0v) is 11.8. The van der Waals surface area contributed by atoms with Crippen molar-refractivity contribution in [2.24, 2.45) is 0 Å². The number of hydrogen-bond acceptors (Lipinski definition) is 6. The number of amides is 1. The van der Waals surface area contributed by atoms with Crippen LogP contribution in [-0.4, -0.2) is 47.5 Å². The summed E-state index contributed by atoms with van der Waals surface area (Å²) in [6.45, 7) is 4.28. The van der Waals surface area contributed by atoms with Crippen molar-refractivity contribution >= 4 is 17.4 Å². The van der Waals surface area contributed by atoms with Gasteiger partial charge >= 0.3 is 0 Å². The van der Waals surface area contributed by atoms with Crippen LogP contribution in [0, 0.1) is 0 Å². The average Bonchev–Trinajstić information content (AvgIpc) is 2.38. The topological polar surface area (TPSA) is 93.4 Å². The lowest BCUT2D eigenvalue weighted by Crippen LogP contribution is -2.37. The van der Waals surface area contributed by atoms with Crippen LogP contribution in [0.15, 0.2) is 6.33 Å².